The Labute approximate surface area is 857 Å². The number of ether oxygens (including phenoxy) is 5. The van der Waals surface area contributed by atoms with Gasteiger partial charge in [0.2, 0.25) is 61.8 Å². The summed E-state index contributed by atoms with van der Waals surface area (Å²) in [4.78, 5) is 56.1. The molecule has 0 unspecified atom stereocenters. The van der Waals surface area contributed by atoms with E-state index in [9.17, 15) is 34.8 Å². The van der Waals surface area contributed by atoms with Crippen molar-refractivity contribution in [1.29, 1.82) is 0 Å². The number of thiol groups is 2. The molecule has 2 amide bonds. The number of fused-ring (bicyclic) bond motifs is 6. The Hall–Kier alpha value is -10.1. The summed E-state index contributed by atoms with van der Waals surface area (Å²) in [5.41, 5.74) is 22.4. The van der Waals surface area contributed by atoms with Crippen LogP contribution in [0.1, 0.15) is 225 Å². The number of benzene rings is 3. The van der Waals surface area contributed by atoms with E-state index in [-0.39, 0.29) is 65.7 Å². The highest BCUT2D eigenvalue weighted by atomic mass is 35.5. The maximum atomic E-state index is 13.1. The average Bonchev–Trinajstić information content (AvgIpc) is 1.65. The van der Waals surface area contributed by atoms with E-state index >= 15 is 0 Å². The van der Waals surface area contributed by atoms with Crippen molar-refractivity contribution in [2.24, 2.45) is 21.1 Å². The number of nitrogens with two attached hydrogens (primary N) is 1. The van der Waals surface area contributed by atoms with Crippen molar-refractivity contribution >= 4 is 207 Å². The Morgan fingerprint density at radius 2 is 0.773 bits per heavy atom. The van der Waals surface area contributed by atoms with Crippen LogP contribution in [-0.2, 0) is 79.4 Å². The van der Waals surface area contributed by atoms with E-state index in [1.54, 1.807) is 93.8 Å². The third kappa shape index (κ3) is 25.3. The molecule has 6 aliphatic rings. The topological polar surface area (TPSA) is 418 Å². The number of carbonyl (C=O) groups is 2. The highest BCUT2D eigenvalue weighted by Crippen LogP contribution is 2.50. The number of thiophene rings is 3. The number of amides is 2. The van der Waals surface area contributed by atoms with Crippen molar-refractivity contribution in [3.05, 3.63) is 126 Å². The number of nitrogens with one attached hydrogen (secondary N) is 6. The van der Waals surface area contributed by atoms with Crippen molar-refractivity contribution in [2.45, 2.75) is 275 Å². The summed E-state index contributed by atoms with van der Waals surface area (Å²) in [6.45, 7) is 38.7. The van der Waals surface area contributed by atoms with Gasteiger partial charge in [-0.15, -0.1) is 34.0 Å². The van der Waals surface area contributed by atoms with Crippen molar-refractivity contribution in [3.63, 3.8) is 0 Å². The second-order valence-electron chi connectivity index (χ2n) is 38.3. The lowest BCUT2D eigenvalue weighted by Gasteiger charge is -2.34. The number of rotatable bonds is 19. The highest BCUT2D eigenvalue weighted by Gasteiger charge is 2.40. The molecule has 0 spiro atoms. The molecule has 9 aromatic heterocycles. The van der Waals surface area contributed by atoms with Crippen molar-refractivity contribution in [3.8, 4) is 17.2 Å². The minimum atomic E-state index is -3.64. The summed E-state index contributed by atoms with van der Waals surface area (Å²) in [6, 6.07) is 11.9. The quantitative estimate of drug-likeness (QED) is 0.0206. The normalized spacial score (nSPS) is 16.6. The standard InChI is InChI=1S/C33H43N7O5S2.C28H35N7O3S2.C20H30N2O3.C13H14ClN5O2S2.2CH4S.2CH4/c1-18(2)47(42,43)30-25(17-39(8)38-30)34-29-28-23(11-14-46-28)35-31(37-29)36-24-15-19(3)26(22-16-20(4)44-27(22)24)21-9-12-40(13-10-21)32(41)45-33(5,6)7;1-15(2)40(36,37)27-22(14-35(5)34-27)30-26-25-20(8-11-39-25)31-28(33-26)32-21-12-16(3)23(18-6-9-29-10-7-18)19-13-17(4)38-24(19)21;1-12-10-16(21)18-15(11-13(2)24-18)17(12)14-6-8-22(9-7-14)19(23)25-20(3,4)5;1-7(2)23(20,21)12-9(6-19(3)18-12)15-11-10-8(4-5-22-10)16-13(14)17-11;2*1-2;;/h11,14-15,17-18,20-21H,9-10,12-13,16H2,1-8H3,(H2,34,35,36,37);8,11-12,14-15,17-18,29H,6-7,9-10,13H2,1-5H3,(H2,30,31,32,33);10,13-14H,6-9,11,21H2,1-5H3;4-7H,1-3H3,(H,15,16,17);2*2H,1H3;2*1H4/t20-;17-;13-;;;;;/m111...../s1. The largest absolute Gasteiger partial charge is 0.488 e. The third-order valence-corrected chi connectivity index (χ3v) is 33.5. The van der Waals surface area contributed by atoms with Crippen LogP contribution >= 0.6 is 70.9 Å². The number of nitrogen functional groups attached to an aromatic ring is 1. The number of carbonyl (C=O) groups excluding carboxylic acids is 2. The molecule has 6 aliphatic heterocycles. The number of hydrogen-bond acceptors (Lipinski definition) is 34. The third-order valence-electron chi connectivity index (χ3n) is 24.4. The molecular weight excluding hydrogens is 1970 g/mol. The fourth-order valence-corrected chi connectivity index (χ4v) is 24.0. The van der Waals surface area contributed by atoms with E-state index in [2.05, 4.69) is 136 Å². The van der Waals surface area contributed by atoms with Crippen LogP contribution in [0.25, 0.3) is 30.6 Å². The molecule has 0 radical (unpaired) electrons. The Morgan fingerprint density at radius 1 is 0.468 bits per heavy atom. The first-order valence-electron chi connectivity index (χ1n) is 46.6. The molecule has 8 N–H and O–H groups in total. The maximum Gasteiger partial charge on any atom is 0.410 e. The Kier molecular flexibility index (Phi) is 36.2. The van der Waals surface area contributed by atoms with E-state index in [1.807, 2.05) is 91.7 Å². The summed E-state index contributed by atoms with van der Waals surface area (Å²) in [7, 11) is -5.71. The number of sulfone groups is 3. The van der Waals surface area contributed by atoms with Gasteiger partial charge in [0.05, 0.1) is 80.5 Å². The molecule has 15 heterocycles. The first-order chi connectivity index (χ1) is 65.7. The molecule has 0 bridgehead atoms. The van der Waals surface area contributed by atoms with Crippen LogP contribution in [0.3, 0.4) is 0 Å². The zero-order valence-electron chi connectivity index (χ0n) is 83.1. The zero-order valence-corrected chi connectivity index (χ0v) is 90.5. The minimum absolute atomic E-state index is 0. The molecule has 141 heavy (non-hydrogen) atoms. The van der Waals surface area contributed by atoms with E-state index in [0.29, 0.717) is 82.8 Å². The Morgan fingerprint density at radius 3 is 1.11 bits per heavy atom. The second-order valence-corrected chi connectivity index (χ2v) is 48.7. The van der Waals surface area contributed by atoms with Crippen LogP contribution in [0.4, 0.5) is 73.1 Å². The summed E-state index contributed by atoms with van der Waals surface area (Å²) >= 11 is 17.4. The van der Waals surface area contributed by atoms with Crippen LogP contribution in [0.2, 0.25) is 5.28 Å². The SMILES string of the molecule is C.C.CC(C)S(=O)(=O)c1nn(C)cc1Nc1nc(Cl)nc2ccsc12.CS.CS.Cc1cc(N)c2c(c1C1CCN(C(=O)OC(C)(C)C)CC1)C[C@@H](C)O2.Cc1cc(Nc2nc(Nc3cn(C)nc3S(=O)(=O)C(C)C)c3sccc3n2)c2c(c1C1CCN(C(=O)OC(C)(C)C)CC1)C[C@@H](C)O2.Cc1cc(Nc2nc(Nc3cn(C)nc3S(=O)(=O)C(C)C)c3sccc3n2)c2c(c1C1CCNCC1)C[C@@H](C)O2. The highest BCUT2D eigenvalue weighted by molar-refractivity contribution is 7.92. The Bertz CT molecular complexity index is 6840. The number of hydrogen-bond donors (Lipinski definition) is 9. The first-order valence-corrected chi connectivity index (χ1v) is 56.0. The van der Waals surface area contributed by atoms with Gasteiger partial charge in [-0.1, -0.05) is 14.9 Å². The monoisotopic (exact) mass is 2110 g/mol. The van der Waals surface area contributed by atoms with Gasteiger partial charge < -0.3 is 71.1 Å². The summed E-state index contributed by atoms with van der Waals surface area (Å²) in [6.07, 6.45) is 16.6. The number of halogens is 1. The average molecular weight is 2110 g/mol. The number of aromatic nitrogens is 12. The molecule has 12 aromatic rings. The zero-order chi connectivity index (χ0) is 101. The molecule has 34 nitrogen and oxygen atoms in total. The van der Waals surface area contributed by atoms with E-state index in [1.165, 1.54) is 92.6 Å². The number of aryl methyl sites for hydroxylation is 6. The molecule has 768 valence electrons. The minimum Gasteiger partial charge on any atom is -0.488 e. The van der Waals surface area contributed by atoms with Crippen LogP contribution in [0.5, 0.6) is 17.2 Å². The van der Waals surface area contributed by atoms with Crippen LogP contribution in [0.15, 0.2) is 86.2 Å². The number of likely N-dealkylation sites (tertiary alicyclic amines) is 2. The maximum absolute atomic E-state index is 13.1. The first kappa shape index (κ1) is 111. The molecule has 0 saturated carbocycles. The molecule has 3 fully saturated rings. The number of piperidine rings is 3. The van der Waals surface area contributed by atoms with Crippen LogP contribution in [-0.4, -0.2) is 204 Å². The smallest absolute Gasteiger partial charge is 0.410 e. The van der Waals surface area contributed by atoms with Gasteiger partial charge >= 0.3 is 12.2 Å². The van der Waals surface area contributed by atoms with Crippen LogP contribution < -0.4 is 51.8 Å². The van der Waals surface area contributed by atoms with Crippen molar-refractivity contribution < 1.29 is 58.5 Å². The molecule has 18 rings (SSSR count). The lowest BCUT2D eigenvalue weighted by atomic mass is 9.82. The summed E-state index contributed by atoms with van der Waals surface area (Å²) in [5.74, 6) is 6.07. The number of anilines is 11. The van der Waals surface area contributed by atoms with Gasteiger partial charge in [0.15, 0.2) is 17.5 Å². The van der Waals surface area contributed by atoms with Crippen LogP contribution in [0, 0.1) is 20.8 Å². The van der Waals surface area contributed by atoms with Gasteiger partial charge in [0.1, 0.15) is 46.8 Å². The van der Waals surface area contributed by atoms with Gasteiger partial charge in [-0.05, 0) is 304 Å². The number of nitrogens with zero attached hydrogens (tertiary/aromatic N) is 14. The van der Waals surface area contributed by atoms with Gasteiger partial charge in [-0.3, -0.25) is 14.0 Å². The van der Waals surface area contributed by atoms with Gasteiger partial charge in [-0.2, -0.15) is 55.5 Å². The predicted octanol–water partition coefficient (Wildman–Crippen LogP) is 21.4. The van der Waals surface area contributed by atoms with Gasteiger partial charge in [-0.25, -0.2) is 49.8 Å². The molecular formula is C98H138ClN21O13S8. The van der Waals surface area contributed by atoms with E-state index in [0.717, 1.165) is 149 Å². The molecule has 0 aliphatic carbocycles. The molecule has 43 heteroatoms. The van der Waals surface area contributed by atoms with E-state index in [4.69, 9.17) is 61.0 Å². The summed E-state index contributed by atoms with van der Waals surface area (Å²) < 4.78 is 114. The predicted molar refractivity (Wildman–Crippen MR) is 577 cm³/mol. The lowest BCUT2D eigenvalue weighted by Crippen LogP contribution is -2.41. The fourth-order valence-electron chi connectivity index (χ4n) is 18.2. The van der Waals surface area contributed by atoms with E-state index < -0.39 is 56.5 Å². The second kappa shape index (κ2) is 45.9. The van der Waals surface area contributed by atoms with Crippen molar-refractivity contribution in [1.82, 2.24) is 74.4 Å². The fraction of sp³-hybridized carbons (Fsp3) is 0.520. The Balaban J connectivity index is 0.000000183. The molecule has 3 aromatic carbocycles. The van der Waals surface area contributed by atoms with Crippen molar-refractivity contribution in [2.75, 3.05) is 84.1 Å². The molecule has 3 atom stereocenters. The van der Waals surface area contributed by atoms with Gasteiger partial charge in [0.25, 0.3) is 0 Å². The summed E-state index contributed by atoms with van der Waals surface area (Å²) in [5, 5.41) is 36.5. The lowest BCUT2D eigenvalue weighted by molar-refractivity contribution is 0.0194. The van der Waals surface area contributed by atoms with Gasteiger partial charge in [0, 0.05) is 102 Å². The molecule has 3 saturated heterocycles.